The molecule has 1 nitrogen and oxygen atoms in total. The van der Waals surface area contributed by atoms with Crippen LogP contribution in [0.3, 0.4) is 0 Å². The van der Waals surface area contributed by atoms with Crippen molar-refractivity contribution in [1.29, 1.82) is 5.26 Å². The van der Waals surface area contributed by atoms with Crippen LogP contribution in [0.5, 0.6) is 0 Å². The first-order chi connectivity index (χ1) is 7.04. The average molecular weight is 203 g/mol. The third-order valence-electron chi connectivity index (χ3n) is 4.37. The summed E-state index contributed by atoms with van der Waals surface area (Å²) in [5.74, 6) is 0.837. The van der Waals surface area contributed by atoms with Gasteiger partial charge in [-0.25, -0.2) is 0 Å². The highest BCUT2D eigenvalue weighted by Gasteiger charge is 2.36. The second-order valence-electron chi connectivity index (χ2n) is 5.94. The fourth-order valence-corrected chi connectivity index (χ4v) is 3.29. The van der Waals surface area contributed by atoms with Crippen molar-refractivity contribution in [3.63, 3.8) is 0 Å². The van der Waals surface area contributed by atoms with Crippen molar-refractivity contribution in [3.05, 3.63) is 11.1 Å². The van der Waals surface area contributed by atoms with Gasteiger partial charge < -0.3 is 0 Å². The molecule has 1 heteroatoms. The van der Waals surface area contributed by atoms with Crippen LogP contribution < -0.4 is 0 Å². The van der Waals surface area contributed by atoms with Crippen LogP contribution in [0.1, 0.15) is 52.9 Å². The SMILES string of the molecule is C[C@H]1CC2=C(C[C@H]1C#N)C(C)(C)CCC2. The summed E-state index contributed by atoms with van der Waals surface area (Å²) in [4.78, 5) is 0. The summed E-state index contributed by atoms with van der Waals surface area (Å²) in [7, 11) is 0. The van der Waals surface area contributed by atoms with Crippen LogP contribution in [-0.2, 0) is 0 Å². The monoisotopic (exact) mass is 203 g/mol. The molecule has 2 rings (SSSR count). The number of hydrogen-bond donors (Lipinski definition) is 0. The third-order valence-corrected chi connectivity index (χ3v) is 4.37. The van der Waals surface area contributed by atoms with E-state index < -0.39 is 0 Å². The molecule has 2 aliphatic rings. The van der Waals surface area contributed by atoms with Gasteiger partial charge in [-0.2, -0.15) is 5.26 Å². The lowest BCUT2D eigenvalue weighted by atomic mass is 9.63. The molecule has 0 aliphatic heterocycles. The lowest BCUT2D eigenvalue weighted by Crippen LogP contribution is -2.29. The van der Waals surface area contributed by atoms with Crippen LogP contribution >= 0.6 is 0 Å². The molecule has 0 radical (unpaired) electrons. The van der Waals surface area contributed by atoms with Crippen LogP contribution in [0.4, 0.5) is 0 Å². The summed E-state index contributed by atoms with van der Waals surface area (Å²) in [6, 6.07) is 2.49. The lowest BCUT2D eigenvalue weighted by molar-refractivity contribution is 0.289. The topological polar surface area (TPSA) is 23.8 Å². The Morgan fingerprint density at radius 1 is 1.33 bits per heavy atom. The van der Waals surface area contributed by atoms with Crippen LogP contribution in [0, 0.1) is 28.6 Å². The van der Waals surface area contributed by atoms with Gasteiger partial charge in [0.15, 0.2) is 0 Å². The van der Waals surface area contributed by atoms with Gasteiger partial charge >= 0.3 is 0 Å². The Labute approximate surface area is 93.2 Å². The molecule has 0 N–H and O–H groups in total. The number of nitriles is 1. The van der Waals surface area contributed by atoms with Crippen LogP contribution in [0.25, 0.3) is 0 Å². The van der Waals surface area contributed by atoms with Gasteiger partial charge in [-0.15, -0.1) is 0 Å². The predicted molar refractivity (Wildman–Crippen MR) is 62.2 cm³/mol. The van der Waals surface area contributed by atoms with E-state index in [1.165, 1.54) is 25.7 Å². The fraction of sp³-hybridized carbons (Fsp3) is 0.786. The van der Waals surface area contributed by atoms with Crippen molar-refractivity contribution >= 4 is 0 Å². The second kappa shape index (κ2) is 3.67. The Bertz CT molecular complexity index is 330. The number of rotatable bonds is 0. The van der Waals surface area contributed by atoms with Gasteiger partial charge in [0.1, 0.15) is 0 Å². The lowest BCUT2D eigenvalue weighted by Gasteiger charge is -2.41. The molecule has 15 heavy (non-hydrogen) atoms. The summed E-state index contributed by atoms with van der Waals surface area (Å²) in [6.07, 6.45) is 6.16. The van der Waals surface area contributed by atoms with Crippen molar-refractivity contribution in [3.8, 4) is 6.07 Å². The molecular formula is C14H21N. The molecule has 82 valence electrons. The van der Waals surface area contributed by atoms with E-state index in [4.69, 9.17) is 5.26 Å². The molecule has 0 amide bonds. The third kappa shape index (κ3) is 1.83. The molecule has 0 aromatic rings. The van der Waals surface area contributed by atoms with E-state index in [0.29, 0.717) is 11.3 Å². The molecule has 0 unspecified atom stereocenters. The van der Waals surface area contributed by atoms with Gasteiger partial charge in [0.2, 0.25) is 0 Å². The Morgan fingerprint density at radius 2 is 2.07 bits per heavy atom. The van der Waals surface area contributed by atoms with E-state index in [1.807, 2.05) is 0 Å². The van der Waals surface area contributed by atoms with E-state index in [0.717, 1.165) is 6.42 Å². The molecular weight excluding hydrogens is 182 g/mol. The zero-order valence-corrected chi connectivity index (χ0v) is 10.1. The molecule has 0 bridgehead atoms. The zero-order valence-electron chi connectivity index (χ0n) is 10.1. The van der Waals surface area contributed by atoms with E-state index in [-0.39, 0.29) is 5.92 Å². The van der Waals surface area contributed by atoms with Crippen LogP contribution in [0.2, 0.25) is 0 Å². The van der Waals surface area contributed by atoms with Gasteiger partial charge in [-0.3, -0.25) is 0 Å². The van der Waals surface area contributed by atoms with Crippen molar-refractivity contribution in [2.45, 2.75) is 52.9 Å². The average Bonchev–Trinajstić information content (AvgIpc) is 2.16. The van der Waals surface area contributed by atoms with E-state index in [1.54, 1.807) is 11.1 Å². The maximum atomic E-state index is 9.15. The smallest absolute Gasteiger partial charge is 0.0662 e. The first-order valence-electron chi connectivity index (χ1n) is 6.15. The minimum absolute atomic E-state index is 0.265. The molecule has 0 heterocycles. The Kier molecular flexibility index (Phi) is 2.63. The Morgan fingerprint density at radius 3 is 2.73 bits per heavy atom. The molecule has 0 saturated carbocycles. The number of allylic oxidation sites excluding steroid dienone is 2. The van der Waals surface area contributed by atoms with Gasteiger partial charge in [0, 0.05) is 0 Å². The molecule has 0 aromatic heterocycles. The second-order valence-corrected chi connectivity index (χ2v) is 5.94. The molecule has 0 fully saturated rings. The van der Waals surface area contributed by atoms with Crippen LogP contribution in [0.15, 0.2) is 11.1 Å². The maximum Gasteiger partial charge on any atom is 0.0662 e. The predicted octanol–water partition coefficient (Wildman–Crippen LogP) is 4.06. The minimum atomic E-state index is 0.265. The van der Waals surface area contributed by atoms with E-state index in [9.17, 15) is 0 Å². The van der Waals surface area contributed by atoms with E-state index >= 15 is 0 Å². The quantitative estimate of drug-likeness (QED) is 0.545. The van der Waals surface area contributed by atoms with Gasteiger partial charge in [0.05, 0.1) is 12.0 Å². The standard InChI is InChI=1S/C14H21N/c1-10-7-11-5-4-6-14(2,3)13(11)8-12(10)9-15/h10,12H,4-8H2,1-3H3/t10-,12-/m0/s1. The molecule has 0 spiro atoms. The summed E-state index contributed by atoms with van der Waals surface area (Å²) in [6.45, 7) is 6.94. The Hall–Kier alpha value is -0.770. The van der Waals surface area contributed by atoms with Crippen molar-refractivity contribution < 1.29 is 0 Å². The zero-order chi connectivity index (χ0) is 11.1. The number of hydrogen-bond acceptors (Lipinski definition) is 1. The summed E-state index contributed by atoms with van der Waals surface area (Å²) in [5, 5.41) is 9.15. The largest absolute Gasteiger partial charge is 0.198 e. The molecule has 0 saturated heterocycles. The minimum Gasteiger partial charge on any atom is -0.198 e. The summed E-state index contributed by atoms with van der Waals surface area (Å²) >= 11 is 0. The number of nitrogens with zero attached hydrogens (tertiary/aromatic N) is 1. The van der Waals surface area contributed by atoms with Gasteiger partial charge in [-0.1, -0.05) is 31.9 Å². The molecule has 0 aromatic carbocycles. The fourth-order valence-electron chi connectivity index (χ4n) is 3.29. The van der Waals surface area contributed by atoms with Gasteiger partial charge in [-0.05, 0) is 43.4 Å². The van der Waals surface area contributed by atoms with Gasteiger partial charge in [0.25, 0.3) is 0 Å². The highest BCUT2D eigenvalue weighted by atomic mass is 14.4. The first-order valence-corrected chi connectivity index (χ1v) is 6.15. The van der Waals surface area contributed by atoms with Crippen molar-refractivity contribution in [2.75, 3.05) is 0 Å². The Balaban J connectivity index is 2.32. The van der Waals surface area contributed by atoms with Crippen molar-refractivity contribution in [2.24, 2.45) is 17.3 Å². The highest BCUT2D eigenvalue weighted by molar-refractivity contribution is 5.28. The van der Waals surface area contributed by atoms with E-state index in [2.05, 4.69) is 26.8 Å². The maximum absolute atomic E-state index is 9.15. The highest BCUT2D eigenvalue weighted by Crippen LogP contribution is 2.49. The summed E-state index contributed by atoms with van der Waals surface area (Å²) < 4.78 is 0. The van der Waals surface area contributed by atoms with Crippen LogP contribution in [-0.4, -0.2) is 0 Å². The normalized spacial score (nSPS) is 34.5. The first kappa shape index (κ1) is 10.7. The molecule has 2 atom stereocenters. The molecule has 2 aliphatic carbocycles. The summed E-state index contributed by atoms with van der Waals surface area (Å²) in [5.41, 5.74) is 3.67. The van der Waals surface area contributed by atoms with Crippen molar-refractivity contribution in [1.82, 2.24) is 0 Å².